The van der Waals surface area contributed by atoms with Crippen LogP contribution in [0.15, 0.2) is 0 Å². The Morgan fingerprint density at radius 3 is 1.11 bits per heavy atom. The SMILES string of the molecule is CC.CC.CC.CC.CC.CC.CC(C)(C)OC(=O)C1(C(F)(F)F)CC2[CH-]C1C1C3CCC(C3)C21.CC1(C(F)(F)F)CC2CCC1C2.CC1(F)CC2CCC1C2.C[C-]1C2CCC(C2)C1(C)C(F)(F)F.C[C-]1C2CCC(C2)C1(C)F.C[C-]1C2CCC(C2)C1C.[Rf].[Rf].[Rf].[Rf].[Rf].[Rf].[Rf].[Rf].[Rf].[Rf]. The molecule has 0 amide bonds. The Balaban J connectivity index is -0.000000161. The fourth-order valence-electron chi connectivity index (χ4n) is 20.1. The summed E-state index contributed by atoms with van der Waals surface area (Å²) in [5.41, 5.74) is -7.74. The molecule has 0 aliphatic heterocycles. The van der Waals surface area contributed by atoms with E-state index in [9.17, 15) is 53.1 Å². The maximum atomic E-state index is 14.1. The number of esters is 1. The standard InChI is InChI=1S/C18H24F3O2.C10H14F3.C9H13F3.C9H14F.C9H15.C8H13F.6C2H6.10Rf/c1-16(2,3)23-15(22)17(18(19,20)21)8-11-7-12(17)14-10-5-4-9(6-10)13(11)14;1-6-7-3-4-8(5-7)9(6,2)10(11,12)13;1-8(9(10,11)12)5-6-2-3-7(8)4-6;1-6-7-3-4-8(5-7)9(6,2)10;1-6-7(2)9-4-3-8(6)5-9;1-8(9)5-6-2-3-7(8)4-6;6*1-2;;;;;;;;;;/h7,9-14H,4-6,8H2,1-3H3;7-8H,3-5H2,1-2H3;6-7H,2-5H2,1H3;7-8H,3-5H2,1-2H3;6,8-9H,3-5H2,1-2H3;6-7H,2-5H2,1H3;6*1-2H3;;;;;;;;;;/q2*-1;;2*-1;;;;;;;;;;;;;;;;;. The van der Waals surface area contributed by atoms with Crippen LogP contribution in [0.3, 0.4) is 0 Å². The molecule has 542 valence electrons. The van der Waals surface area contributed by atoms with Gasteiger partial charge in [-0.15, -0.1) is 5.92 Å². The van der Waals surface area contributed by atoms with Gasteiger partial charge in [-0.1, -0.05) is 210 Å². The molecule has 0 radical (unpaired) electrons. The summed E-state index contributed by atoms with van der Waals surface area (Å²) in [5, 5.41) is 0. The molecular formula is C75H129F11O2Rf10-4. The first-order valence-corrected chi connectivity index (χ1v) is 36.1. The number of alkyl halides is 11. The number of halogens is 11. The molecule has 23 heteroatoms. The Hall–Kier alpha value is -11.3. The third kappa shape index (κ3) is 18.0. The molecule has 2 nitrogen and oxygen atoms in total. The van der Waals surface area contributed by atoms with E-state index < -0.39 is 63.6 Å². The van der Waals surface area contributed by atoms with Gasteiger partial charge >= 0.3 is 24.5 Å². The van der Waals surface area contributed by atoms with Crippen LogP contribution in [0.1, 0.15) is 294 Å². The summed E-state index contributed by atoms with van der Waals surface area (Å²) in [5.74, 6) is 8.79. The summed E-state index contributed by atoms with van der Waals surface area (Å²) in [4.78, 5) is 12.7. The number of fused-ring (bicyclic) bond motifs is 19. The van der Waals surface area contributed by atoms with Crippen molar-refractivity contribution < 1.29 is 57.8 Å². The minimum absolute atomic E-state index is 0. The molecule has 14 aliphatic rings. The van der Waals surface area contributed by atoms with E-state index in [2.05, 4.69) is 13.8 Å². The Morgan fingerprint density at radius 1 is 0.439 bits per heavy atom. The average Bonchev–Trinajstić information content (AvgIpc) is 1.54. The molecule has 14 fully saturated rings. The first kappa shape index (κ1) is 103. The van der Waals surface area contributed by atoms with Crippen LogP contribution in [-0.4, -0.2) is 41.4 Å². The van der Waals surface area contributed by atoms with Gasteiger partial charge in [-0.2, -0.15) is 89.9 Å². The van der Waals surface area contributed by atoms with Crippen molar-refractivity contribution >= 4 is 5.97 Å². The van der Waals surface area contributed by atoms with Gasteiger partial charge in [-0.05, 0) is 139 Å². The third-order valence-electron chi connectivity index (χ3n) is 25.1. The Kier molecular flexibility index (Phi) is 38.9. The van der Waals surface area contributed by atoms with E-state index in [1.54, 1.807) is 47.5 Å². The molecule has 0 aromatic carbocycles. The maximum Gasteiger partial charge on any atom is 0.402 e. The molecular weight excluding hydrogens is 3810 g/mol. The Labute approximate surface area is 532 Å². The molecule has 0 saturated heterocycles. The first-order valence-electron chi connectivity index (χ1n) is 36.1. The second-order valence-corrected chi connectivity index (χ2v) is 29.8. The van der Waals surface area contributed by atoms with E-state index in [1.165, 1.54) is 52.4 Å². The van der Waals surface area contributed by atoms with Crippen LogP contribution in [0.5, 0.6) is 0 Å². The zero-order valence-electron chi connectivity index (χ0n) is 66.8. The predicted molar refractivity (Wildman–Crippen MR) is 343 cm³/mol. The first-order chi connectivity index (χ1) is 40.9. The molecule has 14 saturated carbocycles. The van der Waals surface area contributed by atoms with Crippen molar-refractivity contribution in [3.8, 4) is 0 Å². The maximum absolute atomic E-state index is 14.1. The van der Waals surface area contributed by atoms with Crippen LogP contribution >= 0.6 is 0 Å². The van der Waals surface area contributed by atoms with Gasteiger partial charge < -0.3 is 17.1 Å². The number of hydrogen-bond acceptors (Lipinski definition) is 2. The average molecular weight is 3940 g/mol. The van der Waals surface area contributed by atoms with E-state index in [-0.39, 0.29) is 36.0 Å². The second-order valence-electron chi connectivity index (χ2n) is 29.8. The second kappa shape index (κ2) is 37.1. The van der Waals surface area contributed by atoms with Crippen LogP contribution in [0.25, 0.3) is 0 Å². The normalized spacial score (nSPS) is 38.9. The Morgan fingerprint density at radius 2 is 0.847 bits per heavy atom. The van der Waals surface area contributed by atoms with Crippen molar-refractivity contribution in [2.45, 2.75) is 330 Å². The van der Waals surface area contributed by atoms with E-state index in [4.69, 9.17) is 4.74 Å². The molecule has 22 unspecified atom stereocenters. The van der Waals surface area contributed by atoms with Crippen molar-refractivity contribution in [2.24, 2.45) is 117 Å². The van der Waals surface area contributed by atoms with Gasteiger partial charge in [0.15, 0.2) is 0 Å². The summed E-state index contributed by atoms with van der Waals surface area (Å²) in [7, 11) is 0. The van der Waals surface area contributed by atoms with Crippen LogP contribution in [-0.2, 0) is 9.53 Å². The van der Waals surface area contributed by atoms with E-state index in [1.807, 2.05) is 96.4 Å². The van der Waals surface area contributed by atoms with E-state index in [0.29, 0.717) is 53.8 Å². The number of ether oxygens (including phenoxy) is 1. The van der Waals surface area contributed by atoms with Gasteiger partial charge in [0.05, 0.1) is 5.41 Å². The summed E-state index contributed by atoms with van der Waals surface area (Å²) in [6.45, 7) is 43.6. The quantitative estimate of drug-likeness (QED) is 0.113. The van der Waals surface area contributed by atoms with E-state index in [0.717, 1.165) is 113 Å². The fraction of sp³-hybridized carbons (Fsp3) is 0.933. The molecule has 0 spiro atoms. The molecule has 14 bridgehead atoms. The largest absolute Gasteiger partial charge is 0.459 e. The van der Waals surface area contributed by atoms with Crippen LogP contribution in [0, 0.1) is 141 Å². The molecule has 14 rings (SSSR count). The van der Waals surface area contributed by atoms with E-state index >= 15 is 0 Å². The molecule has 0 aromatic heterocycles. The fourth-order valence-corrected chi connectivity index (χ4v) is 20.1. The van der Waals surface area contributed by atoms with Gasteiger partial charge in [0, 0.05) is 0 Å². The van der Waals surface area contributed by atoms with Gasteiger partial charge in [0.25, 0.3) is 0 Å². The minimum Gasteiger partial charge on any atom is -0.459 e. The molecule has 0 heterocycles. The Bertz CT molecular complexity index is 2080. The van der Waals surface area contributed by atoms with Gasteiger partial charge in [-0.3, -0.25) is 21.0 Å². The summed E-state index contributed by atoms with van der Waals surface area (Å²) < 4.78 is 151. The third-order valence-corrected chi connectivity index (χ3v) is 25.1. The topological polar surface area (TPSA) is 26.3 Å². The van der Waals surface area contributed by atoms with Crippen molar-refractivity contribution in [1.82, 2.24) is 0 Å². The predicted octanol–water partition coefficient (Wildman–Crippen LogP) is 25.4. The molecule has 14 aliphatic carbocycles. The zero-order valence-corrected chi connectivity index (χ0v) is 131. The monoisotopic (exact) mass is 3940 g/mol. The zero-order chi connectivity index (χ0) is 67.9. The molecule has 98 heavy (non-hydrogen) atoms. The van der Waals surface area contributed by atoms with Crippen LogP contribution in [0.4, 0.5) is 48.3 Å². The number of carbonyl (C=O) groups is 1. The van der Waals surface area contributed by atoms with Crippen molar-refractivity contribution in [2.75, 3.05) is 0 Å². The summed E-state index contributed by atoms with van der Waals surface area (Å²) in [6.07, 6.45) is 10.5. The van der Waals surface area contributed by atoms with Gasteiger partial charge in [0.1, 0.15) is 16.7 Å². The minimum atomic E-state index is -4.54. The van der Waals surface area contributed by atoms with Crippen LogP contribution < -0.4 is 0 Å². The van der Waals surface area contributed by atoms with Gasteiger partial charge in [0.2, 0.25) is 0 Å². The number of rotatable bonds is 1. The molecule has 0 aromatic rings. The smallest absolute Gasteiger partial charge is 0.402 e. The summed E-state index contributed by atoms with van der Waals surface area (Å²) in [6, 6.07) is 0. The molecule has 22 atom stereocenters. The van der Waals surface area contributed by atoms with Crippen molar-refractivity contribution in [3.63, 3.8) is 0 Å². The summed E-state index contributed by atoms with van der Waals surface area (Å²) >= 11 is 0. The van der Waals surface area contributed by atoms with Crippen LogP contribution in [0.2, 0.25) is 0 Å². The van der Waals surface area contributed by atoms with Crippen molar-refractivity contribution in [3.05, 3.63) is 24.2 Å². The van der Waals surface area contributed by atoms with Crippen molar-refractivity contribution in [1.29, 1.82) is 0 Å². The number of hydrogen-bond donors (Lipinski definition) is 0. The number of carbonyl (C=O) groups excluding carboxylic acids is 1. The van der Waals surface area contributed by atoms with Gasteiger partial charge in [-0.25, -0.2) is 4.39 Å². The molecule has 0 N–H and O–H groups in total.